The molecule has 0 atom stereocenters. The van der Waals surface area contributed by atoms with Gasteiger partial charge in [0.2, 0.25) is 5.91 Å². The fraction of sp³-hybridized carbons (Fsp3) is 0.292. The van der Waals surface area contributed by atoms with Crippen molar-refractivity contribution >= 4 is 50.6 Å². The zero-order valence-electron chi connectivity index (χ0n) is 17.5. The van der Waals surface area contributed by atoms with Crippen molar-refractivity contribution in [2.24, 2.45) is 0 Å². The maximum Gasteiger partial charge on any atom is 0.230 e. The lowest BCUT2D eigenvalue weighted by Crippen LogP contribution is -2.24. The number of para-hydroxylation sites is 1. The van der Waals surface area contributed by atoms with Gasteiger partial charge in [0.05, 0.1) is 12.3 Å². The van der Waals surface area contributed by atoms with E-state index in [1.807, 2.05) is 47.8 Å². The number of nitrogens with one attached hydrogen (secondary N) is 1. The first kappa shape index (κ1) is 21.4. The number of aromatic nitrogens is 2. The van der Waals surface area contributed by atoms with Gasteiger partial charge in [0.15, 0.2) is 5.82 Å². The number of carbonyl (C=O) groups is 1. The SMILES string of the molecule is O=C(CSc1nc(COc2ccccc2)nc2sc3c(c12)CCCC3)NCc1cccs1. The topological polar surface area (TPSA) is 64.1 Å². The van der Waals surface area contributed by atoms with Gasteiger partial charge < -0.3 is 10.1 Å². The van der Waals surface area contributed by atoms with Crippen molar-refractivity contribution in [3.05, 3.63) is 69.0 Å². The highest BCUT2D eigenvalue weighted by Crippen LogP contribution is 2.39. The summed E-state index contributed by atoms with van der Waals surface area (Å²) in [5, 5.41) is 7.06. The highest BCUT2D eigenvalue weighted by molar-refractivity contribution is 8.00. The lowest BCUT2D eigenvalue weighted by atomic mass is 9.97. The van der Waals surface area contributed by atoms with Gasteiger partial charge in [-0.2, -0.15) is 0 Å². The number of rotatable bonds is 8. The Hall–Kier alpha value is -2.42. The molecule has 1 amide bonds. The average molecular weight is 482 g/mol. The molecule has 1 aliphatic carbocycles. The molecule has 0 bridgehead atoms. The van der Waals surface area contributed by atoms with Crippen LogP contribution in [-0.4, -0.2) is 21.6 Å². The number of amides is 1. The van der Waals surface area contributed by atoms with Gasteiger partial charge in [-0.3, -0.25) is 4.79 Å². The fourth-order valence-electron chi connectivity index (χ4n) is 3.78. The van der Waals surface area contributed by atoms with Crippen molar-refractivity contribution in [1.29, 1.82) is 0 Å². The lowest BCUT2D eigenvalue weighted by molar-refractivity contribution is -0.118. The summed E-state index contributed by atoms with van der Waals surface area (Å²) in [4.78, 5) is 25.7. The molecule has 0 saturated carbocycles. The van der Waals surface area contributed by atoms with Gasteiger partial charge in [-0.05, 0) is 54.8 Å². The molecule has 5 rings (SSSR count). The van der Waals surface area contributed by atoms with Gasteiger partial charge >= 0.3 is 0 Å². The van der Waals surface area contributed by atoms with Crippen LogP contribution < -0.4 is 10.1 Å². The van der Waals surface area contributed by atoms with Gasteiger partial charge in [-0.25, -0.2) is 9.97 Å². The summed E-state index contributed by atoms with van der Waals surface area (Å²) in [6.07, 6.45) is 4.60. The van der Waals surface area contributed by atoms with Gasteiger partial charge in [-0.1, -0.05) is 36.0 Å². The van der Waals surface area contributed by atoms with Crippen molar-refractivity contribution in [2.45, 2.75) is 43.9 Å². The van der Waals surface area contributed by atoms with Crippen LogP contribution in [0, 0.1) is 0 Å². The molecule has 1 N–H and O–H groups in total. The van der Waals surface area contributed by atoms with E-state index in [4.69, 9.17) is 14.7 Å². The monoisotopic (exact) mass is 481 g/mol. The van der Waals surface area contributed by atoms with Crippen LogP contribution in [0.3, 0.4) is 0 Å². The van der Waals surface area contributed by atoms with Crippen LogP contribution in [-0.2, 0) is 30.8 Å². The molecule has 4 aromatic rings. The third-order valence-electron chi connectivity index (χ3n) is 5.32. The molecule has 0 radical (unpaired) electrons. The van der Waals surface area contributed by atoms with E-state index in [0.717, 1.165) is 38.7 Å². The Morgan fingerprint density at radius 2 is 1.97 bits per heavy atom. The minimum atomic E-state index is 0.0151. The van der Waals surface area contributed by atoms with Crippen LogP contribution in [0.4, 0.5) is 0 Å². The third-order valence-corrected chi connectivity index (χ3v) is 8.36. The van der Waals surface area contributed by atoms with Gasteiger partial charge in [-0.15, -0.1) is 22.7 Å². The molecule has 3 aromatic heterocycles. The molecule has 0 fully saturated rings. The second kappa shape index (κ2) is 10.0. The third kappa shape index (κ3) is 4.98. The Balaban J connectivity index is 1.36. The van der Waals surface area contributed by atoms with Crippen molar-refractivity contribution in [3.8, 4) is 5.75 Å². The Morgan fingerprint density at radius 3 is 2.81 bits per heavy atom. The largest absolute Gasteiger partial charge is 0.486 e. The molecule has 0 aliphatic heterocycles. The first-order valence-corrected chi connectivity index (χ1v) is 13.4. The Labute approximate surface area is 199 Å². The number of hydrogen-bond donors (Lipinski definition) is 1. The Bertz CT molecular complexity index is 1210. The van der Waals surface area contributed by atoms with Crippen molar-refractivity contribution in [2.75, 3.05) is 5.75 Å². The van der Waals surface area contributed by atoms with E-state index >= 15 is 0 Å². The molecule has 0 saturated heterocycles. The molecule has 0 unspecified atom stereocenters. The van der Waals surface area contributed by atoms with E-state index in [2.05, 4.69) is 5.32 Å². The number of thioether (sulfide) groups is 1. The van der Waals surface area contributed by atoms with Crippen LogP contribution in [0.25, 0.3) is 10.2 Å². The number of aryl methyl sites for hydroxylation is 2. The summed E-state index contributed by atoms with van der Waals surface area (Å²) in [5.74, 6) is 1.80. The number of benzene rings is 1. The summed E-state index contributed by atoms with van der Waals surface area (Å²) >= 11 is 4.92. The molecular formula is C24H23N3O2S3. The van der Waals surface area contributed by atoms with Crippen LogP contribution in [0.2, 0.25) is 0 Å². The Morgan fingerprint density at radius 1 is 1.09 bits per heavy atom. The van der Waals surface area contributed by atoms with E-state index < -0.39 is 0 Å². The quantitative estimate of drug-likeness (QED) is 0.261. The molecule has 1 aliphatic rings. The summed E-state index contributed by atoms with van der Waals surface area (Å²) < 4.78 is 5.90. The second-order valence-electron chi connectivity index (χ2n) is 7.58. The zero-order chi connectivity index (χ0) is 21.8. The maximum absolute atomic E-state index is 12.5. The summed E-state index contributed by atoms with van der Waals surface area (Å²) in [7, 11) is 0. The predicted octanol–water partition coefficient (Wildman–Crippen LogP) is 5.62. The van der Waals surface area contributed by atoms with Gasteiger partial charge in [0.1, 0.15) is 22.2 Å². The molecule has 0 spiro atoms. The molecule has 1 aromatic carbocycles. The second-order valence-corrected chi connectivity index (χ2v) is 10.7. The van der Waals surface area contributed by atoms with E-state index in [1.165, 1.54) is 35.0 Å². The first-order valence-electron chi connectivity index (χ1n) is 10.7. The molecule has 8 heteroatoms. The van der Waals surface area contributed by atoms with Crippen molar-refractivity contribution in [1.82, 2.24) is 15.3 Å². The van der Waals surface area contributed by atoms with Crippen molar-refractivity contribution < 1.29 is 9.53 Å². The summed E-state index contributed by atoms with van der Waals surface area (Å²) in [6, 6.07) is 13.7. The number of hydrogen-bond acceptors (Lipinski definition) is 7. The minimum absolute atomic E-state index is 0.0151. The number of fused-ring (bicyclic) bond motifs is 3. The van der Waals surface area contributed by atoms with Crippen LogP contribution in [0.15, 0.2) is 52.9 Å². The van der Waals surface area contributed by atoms with Gasteiger partial charge in [0, 0.05) is 15.1 Å². The zero-order valence-corrected chi connectivity index (χ0v) is 20.0. The summed E-state index contributed by atoms with van der Waals surface area (Å²) in [6.45, 7) is 0.876. The normalized spacial score (nSPS) is 13.1. The predicted molar refractivity (Wildman–Crippen MR) is 132 cm³/mol. The molecule has 5 nitrogen and oxygen atoms in total. The molecular weight excluding hydrogens is 458 g/mol. The fourth-order valence-corrected chi connectivity index (χ4v) is 6.68. The first-order chi connectivity index (χ1) is 15.8. The number of carbonyl (C=O) groups excluding carboxylic acids is 1. The Kier molecular flexibility index (Phi) is 6.71. The van der Waals surface area contributed by atoms with Crippen LogP contribution in [0.5, 0.6) is 5.75 Å². The van der Waals surface area contributed by atoms with E-state index in [1.54, 1.807) is 22.7 Å². The highest BCUT2D eigenvalue weighted by atomic mass is 32.2. The molecule has 164 valence electrons. The van der Waals surface area contributed by atoms with E-state index in [-0.39, 0.29) is 5.91 Å². The maximum atomic E-state index is 12.5. The molecule has 32 heavy (non-hydrogen) atoms. The number of thiophene rings is 2. The molecule has 3 heterocycles. The average Bonchev–Trinajstić information content (AvgIpc) is 3.48. The number of nitrogens with zero attached hydrogens (tertiary/aromatic N) is 2. The number of ether oxygens (including phenoxy) is 1. The minimum Gasteiger partial charge on any atom is -0.486 e. The standard InChI is InChI=1S/C24H23N3O2S3/c28-21(25-13-17-9-6-12-30-17)15-31-23-22-18-10-4-5-11-19(18)32-24(22)27-20(26-23)14-29-16-7-2-1-3-8-16/h1-3,6-9,12H,4-5,10-11,13-15H2,(H,25,28). The van der Waals surface area contributed by atoms with Crippen LogP contribution >= 0.6 is 34.4 Å². The lowest BCUT2D eigenvalue weighted by Gasteiger charge is -2.12. The van der Waals surface area contributed by atoms with Gasteiger partial charge in [0.25, 0.3) is 0 Å². The van der Waals surface area contributed by atoms with Crippen LogP contribution in [0.1, 0.15) is 34.0 Å². The summed E-state index contributed by atoms with van der Waals surface area (Å²) in [5.41, 5.74) is 1.38. The van der Waals surface area contributed by atoms with Crippen molar-refractivity contribution in [3.63, 3.8) is 0 Å². The highest BCUT2D eigenvalue weighted by Gasteiger charge is 2.22. The smallest absolute Gasteiger partial charge is 0.230 e. The van der Waals surface area contributed by atoms with E-state index in [0.29, 0.717) is 24.7 Å². The van der Waals surface area contributed by atoms with E-state index in [9.17, 15) is 4.79 Å².